The summed E-state index contributed by atoms with van der Waals surface area (Å²) in [4.78, 5) is 14.3. The molecule has 0 radical (unpaired) electrons. The van der Waals surface area contributed by atoms with Gasteiger partial charge in [-0.05, 0) is 53.4 Å². The monoisotopic (exact) mass is 374 g/mol. The summed E-state index contributed by atoms with van der Waals surface area (Å²) < 4.78 is 1.75. The molecule has 2 rings (SSSR count). The summed E-state index contributed by atoms with van der Waals surface area (Å²) in [5.74, 6) is 0.492. The molecule has 1 aliphatic heterocycles. The molecule has 0 aromatic heterocycles. The van der Waals surface area contributed by atoms with Crippen molar-refractivity contribution in [3.63, 3.8) is 0 Å². The molecule has 0 saturated carbocycles. The van der Waals surface area contributed by atoms with Crippen LogP contribution in [0.2, 0.25) is 0 Å². The van der Waals surface area contributed by atoms with Crippen molar-refractivity contribution in [2.24, 2.45) is 11.7 Å². The number of nitrogens with two attached hydrogens (primary N) is 1. The van der Waals surface area contributed by atoms with Gasteiger partial charge in [-0.15, -0.1) is 0 Å². The Bertz CT molecular complexity index is 462. The first-order valence-corrected chi connectivity index (χ1v) is 7.57. The summed E-state index contributed by atoms with van der Waals surface area (Å²) in [5.41, 5.74) is 6.60. The van der Waals surface area contributed by atoms with Gasteiger partial charge in [0.1, 0.15) is 0 Å². The SMILES string of the molecule is CC(N)C1CCN(C(=O)c2cc(Br)ccc2Br)C1. The molecule has 1 aromatic carbocycles. The fraction of sp³-hybridized carbons (Fsp3) is 0.462. The second kappa shape index (κ2) is 5.72. The Morgan fingerprint density at radius 3 is 2.83 bits per heavy atom. The Balaban J connectivity index is 2.15. The van der Waals surface area contributed by atoms with Crippen LogP contribution in [-0.4, -0.2) is 29.9 Å². The lowest BCUT2D eigenvalue weighted by Crippen LogP contribution is -2.33. The molecule has 1 aromatic rings. The summed E-state index contributed by atoms with van der Waals surface area (Å²) in [6.45, 7) is 3.56. The molecule has 0 spiro atoms. The zero-order valence-electron chi connectivity index (χ0n) is 10.2. The van der Waals surface area contributed by atoms with Crippen molar-refractivity contribution >= 4 is 37.8 Å². The maximum absolute atomic E-state index is 12.4. The summed E-state index contributed by atoms with van der Waals surface area (Å²) in [7, 11) is 0. The van der Waals surface area contributed by atoms with Crippen molar-refractivity contribution in [1.82, 2.24) is 4.90 Å². The van der Waals surface area contributed by atoms with Crippen LogP contribution in [0.5, 0.6) is 0 Å². The Kier molecular flexibility index (Phi) is 4.45. The van der Waals surface area contributed by atoms with Crippen molar-refractivity contribution in [2.45, 2.75) is 19.4 Å². The van der Waals surface area contributed by atoms with E-state index in [9.17, 15) is 4.79 Å². The van der Waals surface area contributed by atoms with Crippen LogP contribution in [0.3, 0.4) is 0 Å². The van der Waals surface area contributed by atoms with Crippen molar-refractivity contribution in [2.75, 3.05) is 13.1 Å². The topological polar surface area (TPSA) is 46.3 Å². The second-order valence-corrected chi connectivity index (χ2v) is 6.55. The van der Waals surface area contributed by atoms with Gasteiger partial charge in [0.2, 0.25) is 0 Å². The van der Waals surface area contributed by atoms with E-state index in [2.05, 4.69) is 31.9 Å². The summed E-state index contributed by atoms with van der Waals surface area (Å²) in [5, 5.41) is 0. The number of carbonyl (C=O) groups excluding carboxylic acids is 1. The lowest BCUT2D eigenvalue weighted by Gasteiger charge is -2.19. The summed E-state index contributed by atoms with van der Waals surface area (Å²) in [6, 6.07) is 5.80. The van der Waals surface area contributed by atoms with Gasteiger partial charge >= 0.3 is 0 Å². The molecule has 1 amide bonds. The van der Waals surface area contributed by atoms with Crippen LogP contribution < -0.4 is 5.73 Å². The molecule has 2 unspecified atom stereocenters. The normalized spacial score (nSPS) is 21.1. The van der Waals surface area contributed by atoms with Crippen molar-refractivity contribution in [3.05, 3.63) is 32.7 Å². The van der Waals surface area contributed by atoms with E-state index in [-0.39, 0.29) is 11.9 Å². The average Bonchev–Trinajstić information content (AvgIpc) is 2.81. The minimum absolute atomic E-state index is 0.0753. The third kappa shape index (κ3) is 2.95. The molecule has 1 aliphatic rings. The van der Waals surface area contributed by atoms with Gasteiger partial charge in [0.25, 0.3) is 5.91 Å². The number of benzene rings is 1. The van der Waals surface area contributed by atoms with Gasteiger partial charge in [-0.3, -0.25) is 4.79 Å². The molecule has 1 saturated heterocycles. The molecular weight excluding hydrogens is 360 g/mol. The number of rotatable bonds is 2. The van der Waals surface area contributed by atoms with E-state index in [0.29, 0.717) is 11.5 Å². The zero-order chi connectivity index (χ0) is 13.3. The maximum Gasteiger partial charge on any atom is 0.255 e. The molecule has 2 atom stereocenters. The van der Waals surface area contributed by atoms with Gasteiger partial charge in [0.05, 0.1) is 5.56 Å². The third-order valence-electron chi connectivity index (χ3n) is 3.41. The number of hydrogen-bond donors (Lipinski definition) is 1. The number of amides is 1. The van der Waals surface area contributed by atoms with E-state index in [1.54, 1.807) is 0 Å². The lowest BCUT2D eigenvalue weighted by atomic mass is 10.0. The molecule has 2 N–H and O–H groups in total. The van der Waals surface area contributed by atoms with Gasteiger partial charge in [0, 0.05) is 28.1 Å². The highest BCUT2D eigenvalue weighted by molar-refractivity contribution is 9.11. The Hall–Kier alpha value is -0.390. The van der Waals surface area contributed by atoms with E-state index in [0.717, 1.165) is 28.5 Å². The third-order valence-corrected chi connectivity index (χ3v) is 4.60. The number of nitrogens with zero attached hydrogens (tertiary/aromatic N) is 1. The predicted molar refractivity (Wildman–Crippen MR) is 79.5 cm³/mol. The molecule has 18 heavy (non-hydrogen) atoms. The highest BCUT2D eigenvalue weighted by Gasteiger charge is 2.29. The van der Waals surface area contributed by atoms with Crippen LogP contribution in [0.1, 0.15) is 23.7 Å². The van der Waals surface area contributed by atoms with Gasteiger partial charge in [-0.25, -0.2) is 0 Å². The number of hydrogen-bond acceptors (Lipinski definition) is 2. The van der Waals surface area contributed by atoms with Gasteiger partial charge in [-0.2, -0.15) is 0 Å². The summed E-state index contributed by atoms with van der Waals surface area (Å²) in [6.07, 6.45) is 0.995. The first-order valence-electron chi connectivity index (χ1n) is 5.99. The first-order chi connectivity index (χ1) is 8.49. The van der Waals surface area contributed by atoms with Gasteiger partial charge < -0.3 is 10.6 Å². The minimum atomic E-state index is 0.0753. The highest BCUT2D eigenvalue weighted by atomic mass is 79.9. The zero-order valence-corrected chi connectivity index (χ0v) is 13.4. The molecule has 0 bridgehead atoms. The Morgan fingerprint density at radius 2 is 2.22 bits per heavy atom. The fourth-order valence-electron chi connectivity index (χ4n) is 2.23. The van der Waals surface area contributed by atoms with Crippen LogP contribution in [0, 0.1) is 5.92 Å². The van der Waals surface area contributed by atoms with E-state index >= 15 is 0 Å². The van der Waals surface area contributed by atoms with Crippen molar-refractivity contribution < 1.29 is 4.79 Å². The standard InChI is InChI=1S/C13H16Br2N2O/c1-8(16)9-4-5-17(7-9)13(18)11-6-10(14)2-3-12(11)15/h2-3,6,8-9H,4-5,7,16H2,1H3. The van der Waals surface area contributed by atoms with Gasteiger partial charge in [0.15, 0.2) is 0 Å². The number of likely N-dealkylation sites (tertiary alicyclic amines) is 1. The van der Waals surface area contributed by atoms with Crippen molar-refractivity contribution in [1.29, 1.82) is 0 Å². The highest BCUT2D eigenvalue weighted by Crippen LogP contribution is 2.26. The van der Waals surface area contributed by atoms with E-state index in [1.165, 1.54) is 0 Å². The number of carbonyl (C=O) groups is 1. The van der Waals surface area contributed by atoms with E-state index in [1.807, 2.05) is 30.0 Å². The maximum atomic E-state index is 12.4. The minimum Gasteiger partial charge on any atom is -0.338 e. The molecule has 1 fully saturated rings. The number of halogens is 2. The van der Waals surface area contributed by atoms with Gasteiger partial charge in [-0.1, -0.05) is 15.9 Å². The largest absolute Gasteiger partial charge is 0.338 e. The van der Waals surface area contributed by atoms with Crippen LogP contribution in [0.25, 0.3) is 0 Å². The summed E-state index contributed by atoms with van der Waals surface area (Å²) >= 11 is 6.83. The van der Waals surface area contributed by atoms with Crippen LogP contribution >= 0.6 is 31.9 Å². The average molecular weight is 376 g/mol. The molecule has 1 heterocycles. The van der Waals surface area contributed by atoms with E-state index < -0.39 is 0 Å². The first kappa shape index (κ1) is 14.0. The van der Waals surface area contributed by atoms with E-state index in [4.69, 9.17) is 5.73 Å². The molecule has 98 valence electrons. The molecule has 5 heteroatoms. The lowest BCUT2D eigenvalue weighted by molar-refractivity contribution is 0.0785. The second-order valence-electron chi connectivity index (χ2n) is 4.78. The Morgan fingerprint density at radius 1 is 1.50 bits per heavy atom. The quantitative estimate of drug-likeness (QED) is 0.863. The van der Waals surface area contributed by atoms with Crippen molar-refractivity contribution in [3.8, 4) is 0 Å². The smallest absolute Gasteiger partial charge is 0.255 e. The van der Waals surface area contributed by atoms with Crippen LogP contribution in [0.15, 0.2) is 27.1 Å². The molecule has 0 aliphatic carbocycles. The molecular formula is C13H16Br2N2O. The van der Waals surface area contributed by atoms with Crippen LogP contribution in [-0.2, 0) is 0 Å². The Labute approximate surface area is 124 Å². The van der Waals surface area contributed by atoms with Crippen LogP contribution in [0.4, 0.5) is 0 Å². The fourth-order valence-corrected chi connectivity index (χ4v) is 3.01. The molecule has 3 nitrogen and oxygen atoms in total. The predicted octanol–water partition coefficient (Wildman–Crippen LogP) is 3.02.